The average Bonchev–Trinajstić information content (AvgIpc) is 2.41. The standard InChI is InChI=1S/C15H14Br2ClN/c1-19(10-11-2-5-13(17)6-3-11)14-7-4-12(9-16)15(18)8-14/h2-8H,9-10H2,1H3. The van der Waals surface area contributed by atoms with Gasteiger partial charge in [0.05, 0.1) is 0 Å². The number of benzene rings is 2. The second-order valence-electron chi connectivity index (χ2n) is 4.39. The van der Waals surface area contributed by atoms with Crippen LogP contribution in [0.3, 0.4) is 0 Å². The fourth-order valence-corrected chi connectivity index (χ4v) is 2.99. The highest BCUT2D eigenvalue weighted by molar-refractivity contribution is 9.10. The number of nitrogens with zero attached hydrogens (tertiary/aromatic N) is 1. The minimum Gasteiger partial charge on any atom is -0.370 e. The number of halogens is 3. The summed E-state index contributed by atoms with van der Waals surface area (Å²) in [6, 6.07) is 14.5. The van der Waals surface area contributed by atoms with E-state index in [4.69, 9.17) is 11.6 Å². The molecule has 2 aromatic carbocycles. The molecule has 0 saturated carbocycles. The summed E-state index contributed by atoms with van der Waals surface area (Å²) in [5.41, 5.74) is 3.51. The zero-order chi connectivity index (χ0) is 13.8. The molecule has 0 saturated heterocycles. The Balaban J connectivity index is 2.13. The van der Waals surface area contributed by atoms with Crippen LogP contribution < -0.4 is 4.90 Å². The van der Waals surface area contributed by atoms with Crippen molar-refractivity contribution in [2.75, 3.05) is 11.9 Å². The molecule has 0 aromatic heterocycles. The SMILES string of the molecule is CN(Cc1ccc(Br)cc1)c1ccc(CBr)c(Cl)c1. The Labute approximate surface area is 135 Å². The van der Waals surface area contributed by atoms with Gasteiger partial charge in [-0.15, -0.1) is 0 Å². The van der Waals surface area contributed by atoms with Crippen molar-refractivity contribution in [2.45, 2.75) is 11.9 Å². The molecule has 0 aliphatic carbocycles. The first-order chi connectivity index (χ1) is 9.10. The van der Waals surface area contributed by atoms with Crippen LogP contribution in [0.1, 0.15) is 11.1 Å². The molecule has 0 spiro atoms. The highest BCUT2D eigenvalue weighted by Crippen LogP contribution is 2.25. The van der Waals surface area contributed by atoms with Crippen LogP contribution in [0.25, 0.3) is 0 Å². The summed E-state index contributed by atoms with van der Waals surface area (Å²) in [5, 5.41) is 1.58. The molecule has 2 rings (SSSR count). The van der Waals surface area contributed by atoms with Crippen molar-refractivity contribution >= 4 is 49.1 Å². The number of hydrogen-bond donors (Lipinski definition) is 0. The monoisotopic (exact) mass is 401 g/mol. The summed E-state index contributed by atoms with van der Waals surface area (Å²) in [6.07, 6.45) is 0. The van der Waals surface area contributed by atoms with Gasteiger partial charge in [-0.25, -0.2) is 0 Å². The molecule has 1 nitrogen and oxygen atoms in total. The molecular formula is C15H14Br2ClN. The minimum absolute atomic E-state index is 0.780. The van der Waals surface area contributed by atoms with Crippen LogP contribution in [0.5, 0.6) is 0 Å². The van der Waals surface area contributed by atoms with Crippen molar-refractivity contribution in [3.05, 3.63) is 63.1 Å². The molecule has 0 bridgehead atoms. The third kappa shape index (κ3) is 3.98. The molecule has 0 heterocycles. The summed E-state index contributed by atoms with van der Waals surface area (Å²) in [7, 11) is 2.07. The molecule has 0 unspecified atom stereocenters. The highest BCUT2D eigenvalue weighted by atomic mass is 79.9. The number of alkyl halides is 1. The average molecular weight is 404 g/mol. The zero-order valence-electron chi connectivity index (χ0n) is 10.5. The van der Waals surface area contributed by atoms with Gasteiger partial charge in [-0.1, -0.05) is 61.7 Å². The molecule has 0 N–H and O–H groups in total. The number of rotatable bonds is 4. The predicted molar refractivity (Wildman–Crippen MR) is 90.3 cm³/mol. The molecular weight excluding hydrogens is 389 g/mol. The molecule has 19 heavy (non-hydrogen) atoms. The minimum atomic E-state index is 0.780. The van der Waals surface area contributed by atoms with E-state index >= 15 is 0 Å². The molecule has 0 radical (unpaired) electrons. The lowest BCUT2D eigenvalue weighted by molar-refractivity contribution is 0.922. The first-order valence-corrected chi connectivity index (χ1v) is 8.19. The van der Waals surface area contributed by atoms with E-state index in [9.17, 15) is 0 Å². The molecule has 0 amide bonds. The van der Waals surface area contributed by atoms with Crippen LogP contribution >= 0.6 is 43.5 Å². The molecule has 0 aliphatic rings. The zero-order valence-corrected chi connectivity index (χ0v) is 14.5. The van der Waals surface area contributed by atoms with Gasteiger partial charge < -0.3 is 4.90 Å². The normalized spacial score (nSPS) is 10.5. The van der Waals surface area contributed by atoms with E-state index in [1.807, 2.05) is 6.07 Å². The van der Waals surface area contributed by atoms with Gasteiger partial charge in [0, 0.05) is 34.1 Å². The maximum Gasteiger partial charge on any atom is 0.0467 e. The molecule has 0 aliphatic heterocycles. The quantitative estimate of drug-likeness (QED) is 0.598. The van der Waals surface area contributed by atoms with E-state index in [0.717, 1.165) is 32.6 Å². The van der Waals surface area contributed by atoms with E-state index in [2.05, 4.69) is 80.2 Å². The van der Waals surface area contributed by atoms with Crippen LogP contribution in [-0.2, 0) is 11.9 Å². The van der Waals surface area contributed by atoms with E-state index in [-0.39, 0.29) is 0 Å². The van der Waals surface area contributed by atoms with E-state index in [1.54, 1.807) is 0 Å². The van der Waals surface area contributed by atoms with Crippen LogP contribution in [0, 0.1) is 0 Å². The second kappa shape index (κ2) is 6.78. The summed E-state index contributed by atoms with van der Waals surface area (Å²) < 4.78 is 1.10. The Morgan fingerprint density at radius 2 is 1.79 bits per heavy atom. The van der Waals surface area contributed by atoms with Crippen LogP contribution in [0.4, 0.5) is 5.69 Å². The summed E-state index contributed by atoms with van der Waals surface area (Å²) >= 11 is 13.1. The van der Waals surface area contributed by atoms with Crippen molar-refractivity contribution in [3.8, 4) is 0 Å². The van der Waals surface area contributed by atoms with Crippen LogP contribution in [0.2, 0.25) is 5.02 Å². The molecule has 100 valence electrons. The van der Waals surface area contributed by atoms with Gasteiger partial charge >= 0.3 is 0 Å². The van der Waals surface area contributed by atoms with E-state index in [1.165, 1.54) is 5.56 Å². The van der Waals surface area contributed by atoms with Gasteiger partial charge in [-0.05, 0) is 35.4 Å². The third-order valence-corrected chi connectivity index (χ3v) is 4.44. The maximum atomic E-state index is 6.23. The Bertz CT molecular complexity index is 555. The van der Waals surface area contributed by atoms with E-state index < -0.39 is 0 Å². The first kappa shape index (κ1) is 14.9. The molecule has 4 heteroatoms. The van der Waals surface area contributed by atoms with Crippen molar-refractivity contribution < 1.29 is 0 Å². The lowest BCUT2D eigenvalue weighted by atomic mass is 10.2. The topological polar surface area (TPSA) is 3.24 Å². The van der Waals surface area contributed by atoms with Gasteiger partial charge in [0.25, 0.3) is 0 Å². The Hall–Kier alpha value is -0.510. The maximum absolute atomic E-state index is 6.23. The lowest BCUT2D eigenvalue weighted by Gasteiger charge is -2.20. The summed E-state index contributed by atoms with van der Waals surface area (Å²) in [5.74, 6) is 0. The molecule has 0 atom stereocenters. The third-order valence-electron chi connectivity index (χ3n) is 2.95. The van der Waals surface area contributed by atoms with Crippen molar-refractivity contribution in [1.82, 2.24) is 0 Å². The number of hydrogen-bond acceptors (Lipinski definition) is 1. The lowest BCUT2D eigenvalue weighted by Crippen LogP contribution is -2.16. The summed E-state index contributed by atoms with van der Waals surface area (Å²) in [6.45, 7) is 0.858. The Morgan fingerprint density at radius 1 is 1.11 bits per heavy atom. The predicted octanol–water partition coefficient (Wildman–Crippen LogP) is 5.63. The van der Waals surface area contributed by atoms with Gasteiger partial charge in [0.2, 0.25) is 0 Å². The fraction of sp³-hybridized carbons (Fsp3) is 0.200. The first-order valence-electron chi connectivity index (χ1n) is 5.90. The van der Waals surface area contributed by atoms with Crippen molar-refractivity contribution in [1.29, 1.82) is 0 Å². The Morgan fingerprint density at radius 3 is 2.37 bits per heavy atom. The Kier molecular flexibility index (Phi) is 5.31. The van der Waals surface area contributed by atoms with Crippen LogP contribution in [-0.4, -0.2) is 7.05 Å². The fourth-order valence-electron chi connectivity index (χ4n) is 1.84. The molecule has 0 fully saturated rings. The van der Waals surface area contributed by atoms with Gasteiger partial charge in [0.1, 0.15) is 0 Å². The van der Waals surface area contributed by atoms with Gasteiger partial charge in [-0.3, -0.25) is 0 Å². The van der Waals surface area contributed by atoms with Crippen molar-refractivity contribution in [3.63, 3.8) is 0 Å². The van der Waals surface area contributed by atoms with Gasteiger partial charge in [-0.2, -0.15) is 0 Å². The smallest absolute Gasteiger partial charge is 0.0467 e. The molecule has 2 aromatic rings. The van der Waals surface area contributed by atoms with Crippen molar-refractivity contribution in [2.24, 2.45) is 0 Å². The van der Waals surface area contributed by atoms with Gasteiger partial charge in [0.15, 0.2) is 0 Å². The second-order valence-corrected chi connectivity index (χ2v) is 6.28. The van der Waals surface area contributed by atoms with Crippen LogP contribution in [0.15, 0.2) is 46.9 Å². The largest absolute Gasteiger partial charge is 0.370 e. The summed E-state index contributed by atoms with van der Waals surface area (Å²) in [4.78, 5) is 2.19. The number of anilines is 1. The highest BCUT2D eigenvalue weighted by Gasteiger charge is 2.05. The van der Waals surface area contributed by atoms with E-state index in [0.29, 0.717) is 0 Å².